The van der Waals surface area contributed by atoms with Gasteiger partial charge in [0.25, 0.3) is 0 Å². The van der Waals surface area contributed by atoms with Gasteiger partial charge in [-0.05, 0) is 30.7 Å². The van der Waals surface area contributed by atoms with Gasteiger partial charge in [0.15, 0.2) is 0 Å². The molecule has 0 spiro atoms. The van der Waals surface area contributed by atoms with E-state index in [4.69, 9.17) is 0 Å². The van der Waals surface area contributed by atoms with Gasteiger partial charge in [0.1, 0.15) is 0 Å². The van der Waals surface area contributed by atoms with Gasteiger partial charge in [-0.15, -0.1) is 0 Å². The summed E-state index contributed by atoms with van der Waals surface area (Å²) in [6.07, 6.45) is 1.97. The second kappa shape index (κ2) is 8.48. The Kier molecular flexibility index (Phi) is 6.59. The van der Waals surface area contributed by atoms with Crippen LogP contribution in [0.2, 0.25) is 0 Å². The number of nitrogens with zero attached hydrogens (tertiary/aromatic N) is 1. The minimum Gasteiger partial charge on any atom is -0.396 e. The van der Waals surface area contributed by atoms with E-state index < -0.39 is 0 Å². The maximum atomic E-state index is 12.3. The quantitative estimate of drug-likeness (QED) is 0.710. The topological polar surface area (TPSA) is 69.6 Å². The summed E-state index contributed by atoms with van der Waals surface area (Å²) in [5.41, 5.74) is 2.17. The van der Waals surface area contributed by atoms with Gasteiger partial charge >= 0.3 is 0 Å². The number of nitrogens with one attached hydrogen (secondary N) is 1. The molecule has 0 aromatic heterocycles. The van der Waals surface area contributed by atoms with Crippen molar-refractivity contribution in [3.05, 3.63) is 35.4 Å². The Morgan fingerprint density at radius 2 is 2.00 bits per heavy atom. The minimum absolute atomic E-state index is 0.0402. The number of carbonyl (C=O) groups excluding carboxylic acids is 2. The van der Waals surface area contributed by atoms with Crippen molar-refractivity contribution in [1.29, 1.82) is 0 Å². The Labute approximate surface area is 150 Å². The molecule has 1 saturated heterocycles. The van der Waals surface area contributed by atoms with E-state index in [1.165, 1.54) is 5.56 Å². The average molecular weight is 346 g/mol. The van der Waals surface area contributed by atoms with E-state index in [1.807, 2.05) is 45.0 Å². The molecule has 1 aliphatic heterocycles. The number of aliphatic hydroxyl groups excluding tert-OH is 1. The predicted molar refractivity (Wildman–Crippen MR) is 97.8 cm³/mol. The number of hydrogen-bond acceptors (Lipinski definition) is 3. The second-order valence-electron chi connectivity index (χ2n) is 7.88. The molecule has 1 aliphatic rings. The molecule has 2 N–H and O–H groups in total. The molecule has 1 atom stereocenters. The van der Waals surface area contributed by atoms with Crippen molar-refractivity contribution in [2.45, 2.75) is 46.6 Å². The summed E-state index contributed by atoms with van der Waals surface area (Å²) in [4.78, 5) is 26.2. The van der Waals surface area contributed by atoms with E-state index in [9.17, 15) is 14.7 Å². The molecule has 0 radical (unpaired) electrons. The predicted octanol–water partition coefficient (Wildman–Crippen LogP) is 2.26. The van der Waals surface area contributed by atoms with Crippen LogP contribution in [0.25, 0.3) is 0 Å². The van der Waals surface area contributed by atoms with Gasteiger partial charge in [-0.1, -0.05) is 43.7 Å². The summed E-state index contributed by atoms with van der Waals surface area (Å²) in [6, 6.07) is 8.12. The zero-order valence-corrected chi connectivity index (χ0v) is 15.5. The number of hydrogen-bond donors (Lipinski definition) is 2. The highest BCUT2D eigenvalue weighted by molar-refractivity contribution is 5.89. The van der Waals surface area contributed by atoms with Crippen molar-refractivity contribution in [2.24, 2.45) is 11.3 Å². The van der Waals surface area contributed by atoms with Gasteiger partial charge in [-0.3, -0.25) is 9.59 Å². The number of benzene rings is 1. The molecule has 1 unspecified atom stereocenters. The molecule has 1 aromatic carbocycles. The first-order valence-electron chi connectivity index (χ1n) is 9.02. The number of amides is 2. The van der Waals surface area contributed by atoms with Crippen LogP contribution in [0.15, 0.2) is 24.3 Å². The highest BCUT2D eigenvalue weighted by atomic mass is 16.3. The monoisotopic (exact) mass is 346 g/mol. The van der Waals surface area contributed by atoms with Crippen LogP contribution in [0.5, 0.6) is 0 Å². The van der Waals surface area contributed by atoms with Crippen molar-refractivity contribution >= 4 is 11.8 Å². The average Bonchev–Trinajstić information content (AvgIpc) is 2.94. The summed E-state index contributed by atoms with van der Waals surface area (Å²) >= 11 is 0. The van der Waals surface area contributed by atoms with Gasteiger partial charge in [-0.25, -0.2) is 0 Å². The van der Waals surface area contributed by atoms with Gasteiger partial charge in [0.05, 0.1) is 5.92 Å². The van der Waals surface area contributed by atoms with Crippen molar-refractivity contribution in [2.75, 3.05) is 19.7 Å². The molecule has 25 heavy (non-hydrogen) atoms. The Morgan fingerprint density at radius 1 is 1.32 bits per heavy atom. The van der Waals surface area contributed by atoms with Gasteiger partial charge in [0.2, 0.25) is 11.8 Å². The third kappa shape index (κ3) is 5.85. The molecule has 5 nitrogen and oxygen atoms in total. The molecule has 0 bridgehead atoms. The Hall–Kier alpha value is -1.88. The first-order chi connectivity index (χ1) is 11.8. The number of aliphatic hydroxyl groups is 1. The zero-order valence-electron chi connectivity index (χ0n) is 15.5. The molecule has 2 rings (SSSR count). The van der Waals surface area contributed by atoms with Crippen LogP contribution in [0, 0.1) is 18.3 Å². The first kappa shape index (κ1) is 19.4. The maximum Gasteiger partial charge on any atom is 0.225 e. The lowest BCUT2D eigenvalue weighted by atomic mass is 9.89. The highest BCUT2D eigenvalue weighted by Crippen LogP contribution is 2.22. The van der Waals surface area contributed by atoms with Crippen molar-refractivity contribution in [3.8, 4) is 0 Å². The van der Waals surface area contributed by atoms with Gasteiger partial charge < -0.3 is 15.3 Å². The zero-order chi connectivity index (χ0) is 18.4. The molecule has 5 heteroatoms. The SMILES string of the molecule is Cc1ccc(CN2CC(C(=O)NCCCC(C)(C)CO)CC2=O)cc1. The number of likely N-dealkylation sites (tertiary alicyclic amines) is 1. The van der Waals surface area contributed by atoms with Crippen LogP contribution < -0.4 is 5.32 Å². The Balaban J connectivity index is 1.77. The van der Waals surface area contributed by atoms with Crippen molar-refractivity contribution < 1.29 is 14.7 Å². The van der Waals surface area contributed by atoms with E-state index in [1.54, 1.807) is 4.90 Å². The summed E-state index contributed by atoms with van der Waals surface area (Å²) in [6.45, 7) is 7.83. The molecule has 0 aliphatic carbocycles. The standard InChI is InChI=1S/C20H30N2O3/c1-15-5-7-16(8-6-15)12-22-13-17(11-18(22)24)19(25)21-10-4-9-20(2,3)14-23/h5-8,17,23H,4,9-14H2,1-3H3,(H,21,25). The molecular formula is C20H30N2O3. The van der Waals surface area contributed by atoms with Gasteiger partial charge in [0, 0.05) is 32.7 Å². The summed E-state index contributed by atoms with van der Waals surface area (Å²) in [5, 5.41) is 12.2. The number of aryl methyl sites for hydroxylation is 1. The van der Waals surface area contributed by atoms with Gasteiger partial charge in [-0.2, -0.15) is 0 Å². The van der Waals surface area contributed by atoms with Crippen LogP contribution in [-0.4, -0.2) is 41.5 Å². The summed E-state index contributed by atoms with van der Waals surface area (Å²) in [7, 11) is 0. The highest BCUT2D eigenvalue weighted by Gasteiger charge is 2.34. The van der Waals surface area contributed by atoms with E-state index in [-0.39, 0.29) is 29.8 Å². The van der Waals surface area contributed by atoms with Crippen LogP contribution in [0.1, 0.15) is 44.2 Å². The van der Waals surface area contributed by atoms with Crippen molar-refractivity contribution in [3.63, 3.8) is 0 Å². The Morgan fingerprint density at radius 3 is 2.64 bits per heavy atom. The van der Waals surface area contributed by atoms with E-state index in [0.29, 0.717) is 26.1 Å². The summed E-state index contributed by atoms with van der Waals surface area (Å²) < 4.78 is 0. The molecule has 0 saturated carbocycles. The third-order valence-corrected chi connectivity index (χ3v) is 4.84. The normalized spacial score (nSPS) is 17.8. The molecule has 1 fully saturated rings. The fourth-order valence-electron chi connectivity index (χ4n) is 3.02. The lowest BCUT2D eigenvalue weighted by Gasteiger charge is -2.21. The fraction of sp³-hybridized carbons (Fsp3) is 0.600. The molecule has 138 valence electrons. The maximum absolute atomic E-state index is 12.3. The van der Waals surface area contributed by atoms with Crippen LogP contribution in [0.4, 0.5) is 0 Å². The summed E-state index contributed by atoms with van der Waals surface area (Å²) in [5.74, 6) is -0.257. The Bertz CT molecular complexity index is 595. The molecular weight excluding hydrogens is 316 g/mol. The lowest BCUT2D eigenvalue weighted by molar-refractivity contribution is -0.129. The largest absolute Gasteiger partial charge is 0.396 e. The smallest absolute Gasteiger partial charge is 0.225 e. The molecule has 1 aromatic rings. The fourth-order valence-corrected chi connectivity index (χ4v) is 3.02. The lowest BCUT2D eigenvalue weighted by Crippen LogP contribution is -2.34. The molecule has 2 amide bonds. The number of rotatable bonds is 8. The van der Waals surface area contributed by atoms with Crippen molar-refractivity contribution in [1.82, 2.24) is 10.2 Å². The third-order valence-electron chi connectivity index (χ3n) is 4.84. The first-order valence-corrected chi connectivity index (χ1v) is 9.02. The van der Waals surface area contributed by atoms with E-state index >= 15 is 0 Å². The minimum atomic E-state index is -0.260. The molecule has 1 heterocycles. The van der Waals surface area contributed by atoms with E-state index in [0.717, 1.165) is 18.4 Å². The van der Waals surface area contributed by atoms with Crippen LogP contribution in [0.3, 0.4) is 0 Å². The van der Waals surface area contributed by atoms with Crippen LogP contribution in [-0.2, 0) is 16.1 Å². The van der Waals surface area contributed by atoms with Crippen LogP contribution >= 0.6 is 0 Å². The second-order valence-corrected chi connectivity index (χ2v) is 7.88. The number of carbonyl (C=O) groups is 2. The van der Waals surface area contributed by atoms with E-state index in [2.05, 4.69) is 5.32 Å².